The Kier molecular flexibility index (Phi) is 4.60. The van der Waals surface area contributed by atoms with Crippen LogP contribution in [0, 0.1) is 5.92 Å². The summed E-state index contributed by atoms with van der Waals surface area (Å²) in [5.74, 6) is 1.86. The van der Waals surface area contributed by atoms with Gasteiger partial charge in [-0.05, 0) is 48.2 Å². The van der Waals surface area contributed by atoms with Gasteiger partial charge in [-0.2, -0.15) is 5.10 Å². The average molecular weight is 364 g/mol. The molecule has 0 aromatic heterocycles. The zero-order valence-electron chi connectivity index (χ0n) is 15.9. The number of methoxy groups -OCH3 is 2. The lowest BCUT2D eigenvalue weighted by Crippen LogP contribution is -2.31. The summed E-state index contributed by atoms with van der Waals surface area (Å²) in [6.07, 6.45) is 2.38. The van der Waals surface area contributed by atoms with E-state index in [4.69, 9.17) is 14.6 Å². The number of nitrogens with zero attached hydrogens (tertiary/aromatic N) is 2. The molecular weight excluding hydrogens is 340 g/mol. The number of fused-ring (bicyclic) bond motifs is 3. The SMILES string of the molecule is CCC(=O)N1N=C2c3cc(OC)ccc3CC[C@H]2[C@@H]1c1ccc(OC)cc1. The Hall–Kier alpha value is -2.82. The molecule has 2 aromatic carbocycles. The third-order valence-corrected chi connectivity index (χ3v) is 5.54. The Balaban J connectivity index is 1.78. The van der Waals surface area contributed by atoms with Gasteiger partial charge in [0.15, 0.2) is 0 Å². The van der Waals surface area contributed by atoms with Crippen LogP contribution in [0.3, 0.4) is 0 Å². The molecule has 2 atom stereocenters. The largest absolute Gasteiger partial charge is 0.497 e. The molecule has 1 aliphatic heterocycles. The summed E-state index contributed by atoms with van der Waals surface area (Å²) in [6.45, 7) is 1.88. The summed E-state index contributed by atoms with van der Waals surface area (Å²) in [5.41, 5.74) is 4.46. The molecule has 0 N–H and O–H groups in total. The molecule has 0 spiro atoms. The van der Waals surface area contributed by atoms with Gasteiger partial charge in [0.05, 0.1) is 26.0 Å². The summed E-state index contributed by atoms with van der Waals surface area (Å²) >= 11 is 0. The lowest BCUT2D eigenvalue weighted by Gasteiger charge is -2.29. The zero-order chi connectivity index (χ0) is 19.0. The van der Waals surface area contributed by atoms with Crippen LogP contribution in [0.25, 0.3) is 0 Å². The molecule has 1 amide bonds. The van der Waals surface area contributed by atoms with Crippen LogP contribution in [0.5, 0.6) is 11.5 Å². The molecule has 2 aromatic rings. The van der Waals surface area contributed by atoms with E-state index in [1.807, 2.05) is 43.3 Å². The van der Waals surface area contributed by atoms with Crippen LogP contribution in [0.2, 0.25) is 0 Å². The number of carbonyl (C=O) groups excluding carboxylic acids is 1. The fourth-order valence-electron chi connectivity index (χ4n) is 4.12. The fourth-order valence-corrected chi connectivity index (χ4v) is 4.12. The molecule has 2 aliphatic rings. The van der Waals surface area contributed by atoms with Gasteiger partial charge in [-0.1, -0.05) is 25.1 Å². The molecule has 27 heavy (non-hydrogen) atoms. The van der Waals surface area contributed by atoms with Crippen LogP contribution in [-0.2, 0) is 11.2 Å². The van der Waals surface area contributed by atoms with Crippen molar-refractivity contribution >= 4 is 11.6 Å². The van der Waals surface area contributed by atoms with Gasteiger partial charge in [-0.25, -0.2) is 5.01 Å². The maximum absolute atomic E-state index is 12.7. The molecule has 0 saturated heterocycles. The third-order valence-electron chi connectivity index (χ3n) is 5.54. The number of amides is 1. The summed E-state index contributed by atoms with van der Waals surface area (Å²) in [5, 5.41) is 6.50. The van der Waals surface area contributed by atoms with E-state index in [1.54, 1.807) is 19.2 Å². The van der Waals surface area contributed by atoms with Crippen molar-refractivity contribution < 1.29 is 14.3 Å². The average Bonchev–Trinajstić information content (AvgIpc) is 3.12. The third kappa shape index (κ3) is 2.97. The van der Waals surface area contributed by atoms with Gasteiger partial charge >= 0.3 is 0 Å². The minimum absolute atomic E-state index is 0.0437. The van der Waals surface area contributed by atoms with E-state index >= 15 is 0 Å². The predicted molar refractivity (Wildman–Crippen MR) is 104 cm³/mol. The topological polar surface area (TPSA) is 51.1 Å². The molecular formula is C22H24N2O3. The van der Waals surface area contributed by atoms with Crippen molar-refractivity contribution in [3.8, 4) is 11.5 Å². The number of carbonyl (C=O) groups is 1. The summed E-state index contributed by atoms with van der Waals surface area (Å²) in [7, 11) is 3.33. The monoisotopic (exact) mass is 364 g/mol. The molecule has 5 nitrogen and oxygen atoms in total. The van der Waals surface area contributed by atoms with E-state index in [1.165, 1.54) is 5.56 Å². The van der Waals surface area contributed by atoms with Crippen LogP contribution in [0.15, 0.2) is 47.6 Å². The number of benzene rings is 2. The first-order valence-corrected chi connectivity index (χ1v) is 9.38. The van der Waals surface area contributed by atoms with E-state index in [-0.39, 0.29) is 17.9 Å². The Morgan fingerprint density at radius 1 is 1.11 bits per heavy atom. The maximum atomic E-state index is 12.7. The van der Waals surface area contributed by atoms with E-state index < -0.39 is 0 Å². The summed E-state index contributed by atoms with van der Waals surface area (Å²) in [6, 6.07) is 14.1. The molecule has 0 radical (unpaired) electrons. The molecule has 5 heteroatoms. The Labute approximate surface area is 159 Å². The first-order chi connectivity index (χ1) is 13.2. The van der Waals surface area contributed by atoms with Crippen LogP contribution in [0.4, 0.5) is 0 Å². The Morgan fingerprint density at radius 2 is 1.81 bits per heavy atom. The van der Waals surface area contributed by atoms with Crippen LogP contribution in [0.1, 0.15) is 42.5 Å². The number of ether oxygens (including phenoxy) is 2. The zero-order valence-corrected chi connectivity index (χ0v) is 15.9. The van der Waals surface area contributed by atoms with E-state index in [9.17, 15) is 4.79 Å². The normalized spacial score (nSPS) is 20.6. The molecule has 1 aliphatic carbocycles. The molecule has 140 valence electrons. The highest BCUT2D eigenvalue weighted by molar-refractivity contribution is 6.07. The summed E-state index contributed by atoms with van der Waals surface area (Å²) < 4.78 is 10.7. The van der Waals surface area contributed by atoms with Gasteiger partial charge in [0.25, 0.3) is 0 Å². The maximum Gasteiger partial charge on any atom is 0.242 e. The van der Waals surface area contributed by atoms with E-state index in [2.05, 4.69) is 6.07 Å². The molecule has 0 bridgehead atoms. The first kappa shape index (κ1) is 17.6. The highest BCUT2D eigenvalue weighted by Gasteiger charge is 2.43. The predicted octanol–water partition coefficient (Wildman–Crippen LogP) is 3.96. The van der Waals surface area contributed by atoms with Crippen LogP contribution >= 0.6 is 0 Å². The molecule has 0 fully saturated rings. The van der Waals surface area contributed by atoms with Crippen LogP contribution < -0.4 is 9.47 Å². The first-order valence-electron chi connectivity index (χ1n) is 9.38. The van der Waals surface area contributed by atoms with Gasteiger partial charge in [0.1, 0.15) is 11.5 Å². The van der Waals surface area contributed by atoms with Crippen molar-refractivity contribution in [1.29, 1.82) is 0 Å². The minimum Gasteiger partial charge on any atom is -0.497 e. The minimum atomic E-state index is -0.0716. The van der Waals surface area contributed by atoms with Crippen molar-refractivity contribution in [3.63, 3.8) is 0 Å². The van der Waals surface area contributed by atoms with Gasteiger partial charge in [-0.15, -0.1) is 0 Å². The lowest BCUT2D eigenvalue weighted by atomic mass is 9.77. The standard InChI is InChI=1S/C22H24N2O3/c1-4-20(25)24-22(15-6-9-16(26-2)10-7-15)18-12-8-14-5-11-17(27-3)13-19(14)21(18)23-24/h5-7,9-11,13,18,22H,4,8,12H2,1-3H3/t18-,22+/m1/s1. The molecule has 0 saturated carbocycles. The van der Waals surface area contributed by atoms with Gasteiger partial charge in [0.2, 0.25) is 5.91 Å². The van der Waals surface area contributed by atoms with Gasteiger partial charge < -0.3 is 9.47 Å². The van der Waals surface area contributed by atoms with Gasteiger partial charge in [-0.3, -0.25) is 4.79 Å². The number of rotatable bonds is 4. The van der Waals surface area contributed by atoms with E-state index in [0.29, 0.717) is 6.42 Å². The van der Waals surface area contributed by atoms with Crippen molar-refractivity contribution in [1.82, 2.24) is 5.01 Å². The quantitative estimate of drug-likeness (QED) is 0.825. The fraction of sp³-hybridized carbons (Fsp3) is 0.364. The number of hydrogen-bond acceptors (Lipinski definition) is 4. The lowest BCUT2D eigenvalue weighted by molar-refractivity contribution is -0.133. The Bertz CT molecular complexity index is 889. The molecule has 0 unspecified atom stereocenters. The number of hydrazone groups is 1. The second-order valence-corrected chi connectivity index (χ2v) is 6.96. The van der Waals surface area contributed by atoms with Crippen molar-refractivity contribution in [2.45, 2.75) is 32.2 Å². The smallest absolute Gasteiger partial charge is 0.242 e. The van der Waals surface area contributed by atoms with Crippen LogP contribution in [-0.4, -0.2) is 30.8 Å². The highest BCUT2D eigenvalue weighted by atomic mass is 16.5. The highest BCUT2D eigenvalue weighted by Crippen LogP contribution is 2.44. The van der Waals surface area contributed by atoms with E-state index in [0.717, 1.165) is 41.2 Å². The number of aryl methyl sites for hydroxylation is 1. The molecule has 4 rings (SSSR count). The Morgan fingerprint density at radius 3 is 2.48 bits per heavy atom. The number of hydrogen-bond donors (Lipinski definition) is 0. The van der Waals surface area contributed by atoms with Crippen molar-refractivity contribution in [2.24, 2.45) is 11.0 Å². The second kappa shape index (κ2) is 7.06. The van der Waals surface area contributed by atoms with Crippen molar-refractivity contribution in [3.05, 3.63) is 59.2 Å². The summed E-state index contributed by atoms with van der Waals surface area (Å²) in [4.78, 5) is 12.7. The van der Waals surface area contributed by atoms with Crippen molar-refractivity contribution in [2.75, 3.05) is 14.2 Å². The molecule has 1 heterocycles. The second-order valence-electron chi connectivity index (χ2n) is 6.96. The van der Waals surface area contributed by atoms with Gasteiger partial charge in [0, 0.05) is 17.9 Å².